The molecule has 0 bridgehead atoms. The maximum atomic E-state index is 5.14. The number of methoxy groups -OCH3 is 2. The van der Waals surface area contributed by atoms with Crippen molar-refractivity contribution in [2.24, 2.45) is 5.92 Å². The van der Waals surface area contributed by atoms with Gasteiger partial charge in [0.1, 0.15) is 0 Å². The molecule has 21 heavy (non-hydrogen) atoms. The molecule has 0 aromatic heterocycles. The number of unbranched alkanes of at least 4 members (excludes halogenated alkanes) is 1. The molecule has 0 aliphatic heterocycles. The van der Waals surface area contributed by atoms with E-state index in [1.807, 2.05) is 0 Å². The number of ether oxygens (including phenoxy) is 2. The van der Waals surface area contributed by atoms with Crippen molar-refractivity contribution >= 4 is 0 Å². The first-order valence-electron chi connectivity index (χ1n) is 8.01. The lowest BCUT2D eigenvalue weighted by Crippen LogP contribution is -2.27. The van der Waals surface area contributed by atoms with E-state index in [0.29, 0.717) is 5.92 Å². The van der Waals surface area contributed by atoms with E-state index in [4.69, 9.17) is 9.47 Å². The molecule has 3 heteroatoms. The van der Waals surface area contributed by atoms with E-state index in [-0.39, 0.29) is 0 Å². The van der Waals surface area contributed by atoms with Crippen molar-refractivity contribution in [1.82, 2.24) is 5.32 Å². The summed E-state index contributed by atoms with van der Waals surface area (Å²) >= 11 is 0. The standard InChI is InChI=1S/C18H31NO2/c1-16-8-4-5-10-18(16)14-17(9-6-7-12-20-2)15-19-11-13-21-3/h4-5,8,10,17,19H,6-7,9,11-15H2,1-3H3. The zero-order valence-electron chi connectivity index (χ0n) is 13.9. The fourth-order valence-electron chi connectivity index (χ4n) is 2.59. The smallest absolute Gasteiger partial charge is 0.0587 e. The van der Waals surface area contributed by atoms with E-state index in [2.05, 4.69) is 36.5 Å². The molecule has 0 saturated carbocycles. The van der Waals surface area contributed by atoms with Gasteiger partial charge in [-0.15, -0.1) is 0 Å². The minimum absolute atomic E-state index is 0.680. The minimum atomic E-state index is 0.680. The molecule has 0 amide bonds. The van der Waals surface area contributed by atoms with Crippen LogP contribution in [0.4, 0.5) is 0 Å². The van der Waals surface area contributed by atoms with Crippen LogP contribution in [0.25, 0.3) is 0 Å². The molecule has 0 spiro atoms. The molecule has 0 fully saturated rings. The summed E-state index contributed by atoms with van der Waals surface area (Å²) < 4.78 is 10.2. The summed E-state index contributed by atoms with van der Waals surface area (Å²) in [6, 6.07) is 8.72. The van der Waals surface area contributed by atoms with Crippen molar-refractivity contribution < 1.29 is 9.47 Å². The third kappa shape index (κ3) is 8.20. The summed E-state index contributed by atoms with van der Waals surface area (Å²) in [4.78, 5) is 0. The molecule has 120 valence electrons. The number of benzene rings is 1. The summed E-state index contributed by atoms with van der Waals surface area (Å²) in [6.45, 7) is 5.84. The molecule has 1 rings (SSSR count). The van der Waals surface area contributed by atoms with Crippen molar-refractivity contribution in [2.75, 3.05) is 40.5 Å². The van der Waals surface area contributed by atoms with E-state index in [1.165, 1.54) is 24.0 Å². The summed E-state index contributed by atoms with van der Waals surface area (Å²) in [5.41, 5.74) is 2.87. The van der Waals surface area contributed by atoms with Crippen molar-refractivity contribution in [3.05, 3.63) is 35.4 Å². The number of nitrogens with one attached hydrogen (secondary N) is 1. The molecular weight excluding hydrogens is 262 g/mol. The third-order valence-electron chi connectivity index (χ3n) is 3.90. The van der Waals surface area contributed by atoms with Gasteiger partial charge in [-0.2, -0.15) is 0 Å². The Bertz CT molecular complexity index is 356. The van der Waals surface area contributed by atoms with Crippen molar-refractivity contribution in [2.45, 2.75) is 32.6 Å². The Morgan fingerprint density at radius 2 is 1.81 bits per heavy atom. The predicted octanol–water partition coefficient (Wildman–Crippen LogP) is 3.21. The highest BCUT2D eigenvalue weighted by molar-refractivity contribution is 5.25. The molecular formula is C18H31NO2. The van der Waals surface area contributed by atoms with E-state index in [0.717, 1.165) is 39.1 Å². The fraction of sp³-hybridized carbons (Fsp3) is 0.667. The minimum Gasteiger partial charge on any atom is -0.385 e. The largest absolute Gasteiger partial charge is 0.385 e. The molecule has 0 saturated heterocycles. The Labute approximate surface area is 130 Å². The lowest BCUT2D eigenvalue weighted by atomic mass is 9.92. The summed E-state index contributed by atoms with van der Waals surface area (Å²) in [5, 5.41) is 3.51. The second kappa shape index (κ2) is 11.7. The monoisotopic (exact) mass is 293 g/mol. The quantitative estimate of drug-likeness (QED) is 0.600. The Hall–Kier alpha value is -0.900. The third-order valence-corrected chi connectivity index (χ3v) is 3.90. The first-order valence-corrected chi connectivity index (χ1v) is 8.01. The van der Waals surface area contributed by atoms with Gasteiger partial charge in [-0.1, -0.05) is 30.7 Å². The Balaban J connectivity index is 2.44. The van der Waals surface area contributed by atoms with Crippen LogP contribution in [0, 0.1) is 12.8 Å². The van der Waals surface area contributed by atoms with Crippen molar-refractivity contribution in [1.29, 1.82) is 0 Å². The van der Waals surface area contributed by atoms with Gasteiger partial charge < -0.3 is 14.8 Å². The summed E-state index contributed by atoms with van der Waals surface area (Å²) in [7, 11) is 3.52. The fourth-order valence-corrected chi connectivity index (χ4v) is 2.59. The van der Waals surface area contributed by atoms with Gasteiger partial charge in [0.2, 0.25) is 0 Å². The number of rotatable bonds is 12. The number of hydrogen-bond donors (Lipinski definition) is 1. The molecule has 1 atom stereocenters. The van der Waals surface area contributed by atoms with Crippen LogP contribution < -0.4 is 5.32 Å². The maximum Gasteiger partial charge on any atom is 0.0587 e. The average Bonchev–Trinajstić information content (AvgIpc) is 2.50. The SMILES string of the molecule is COCCCCC(CNCCOC)Cc1ccccc1C. The maximum absolute atomic E-state index is 5.14. The van der Waals surface area contributed by atoms with Gasteiger partial charge >= 0.3 is 0 Å². The van der Waals surface area contributed by atoms with Gasteiger partial charge in [-0.25, -0.2) is 0 Å². The second-order valence-corrected chi connectivity index (χ2v) is 5.68. The van der Waals surface area contributed by atoms with Crippen LogP contribution in [0.1, 0.15) is 30.4 Å². The van der Waals surface area contributed by atoms with Crippen molar-refractivity contribution in [3.8, 4) is 0 Å². The van der Waals surface area contributed by atoms with Gasteiger partial charge in [0.05, 0.1) is 6.61 Å². The number of aryl methyl sites for hydroxylation is 1. The first kappa shape index (κ1) is 18.1. The number of hydrogen-bond acceptors (Lipinski definition) is 3. The van der Waals surface area contributed by atoms with Crippen LogP contribution >= 0.6 is 0 Å². The molecule has 0 radical (unpaired) electrons. The molecule has 1 unspecified atom stereocenters. The normalized spacial score (nSPS) is 12.5. The van der Waals surface area contributed by atoms with E-state index in [9.17, 15) is 0 Å². The average molecular weight is 293 g/mol. The van der Waals surface area contributed by atoms with E-state index >= 15 is 0 Å². The zero-order chi connectivity index (χ0) is 15.3. The first-order chi connectivity index (χ1) is 10.3. The Morgan fingerprint density at radius 1 is 1.05 bits per heavy atom. The molecule has 0 aliphatic rings. The van der Waals surface area contributed by atoms with Crippen LogP contribution in [0.5, 0.6) is 0 Å². The molecule has 0 aliphatic carbocycles. The van der Waals surface area contributed by atoms with Gasteiger partial charge in [0, 0.05) is 27.4 Å². The highest BCUT2D eigenvalue weighted by Crippen LogP contribution is 2.17. The zero-order valence-corrected chi connectivity index (χ0v) is 13.9. The van der Waals surface area contributed by atoms with Crippen LogP contribution in [0.2, 0.25) is 0 Å². The van der Waals surface area contributed by atoms with Gasteiger partial charge in [-0.3, -0.25) is 0 Å². The Kier molecular flexibility index (Phi) is 10.1. The van der Waals surface area contributed by atoms with Crippen LogP contribution in [-0.2, 0) is 15.9 Å². The Morgan fingerprint density at radius 3 is 2.52 bits per heavy atom. The van der Waals surface area contributed by atoms with Gasteiger partial charge in [0.15, 0.2) is 0 Å². The van der Waals surface area contributed by atoms with Crippen LogP contribution in [0.15, 0.2) is 24.3 Å². The predicted molar refractivity (Wildman–Crippen MR) is 88.8 cm³/mol. The molecule has 1 aromatic carbocycles. The van der Waals surface area contributed by atoms with E-state index in [1.54, 1.807) is 14.2 Å². The van der Waals surface area contributed by atoms with Crippen LogP contribution in [0.3, 0.4) is 0 Å². The summed E-state index contributed by atoms with van der Waals surface area (Å²) in [6.07, 6.45) is 4.78. The van der Waals surface area contributed by atoms with E-state index < -0.39 is 0 Å². The molecule has 0 heterocycles. The van der Waals surface area contributed by atoms with Crippen molar-refractivity contribution in [3.63, 3.8) is 0 Å². The van der Waals surface area contributed by atoms with Crippen LogP contribution in [-0.4, -0.2) is 40.5 Å². The lowest BCUT2D eigenvalue weighted by Gasteiger charge is -2.19. The lowest BCUT2D eigenvalue weighted by molar-refractivity contribution is 0.188. The molecule has 3 nitrogen and oxygen atoms in total. The van der Waals surface area contributed by atoms with Gasteiger partial charge in [-0.05, 0) is 49.8 Å². The highest BCUT2D eigenvalue weighted by Gasteiger charge is 2.10. The topological polar surface area (TPSA) is 30.5 Å². The van der Waals surface area contributed by atoms with Gasteiger partial charge in [0.25, 0.3) is 0 Å². The molecule has 1 N–H and O–H groups in total. The second-order valence-electron chi connectivity index (χ2n) is 5.68. The molecule has 1 aromatic rings. The summed E-state index contributed by atoms with van der Waals surface area (Å²) in [5.74, 6) is 0.680. The highest BCUT2D eigenvalue weighted by atomic mass is 16.5.